The Hall–Kier alpha value is -1.84. The molecule has 2 aromatic rings. The smallest absolute Gasteiger partial charge is 0.191 e. The van der Waals surface area contributed by atoms with Gasteiger partial charge in [-0.25, -0.2) is 0 Å². The molecule has 3 rings (SSSR count). The van der Waals surface area contributed by atoms with Crippen molar-refractivity contribution in [3.8, 4) is 5.75 Å². The van der Waals surface area contributed by atoms with E-state index in [0.717, 1.165) is 57.3 Å². The number of ether oxygens (including phenoxy) is 3. The maximum Gasteiger partial charge on any atom is 0.191 e. The van der Waals surface area contributed by atoms with Gasteiger partial charge in [-0.2, -0.15) is 0 Å². The van der Waals surface area contributed by atoms with Crippen LogP contribution in [0.3, 0.4) is 0 Å². The lowest BCUT2D eigenvalue weighted by molar-refractivity contribution is -0.0390. The van der Waals surface area contributed by atoms with Crippen molar-refractivity contribution < 1.29 is 14.2 Å². The van der Waals surface area contributed by atoms with E-state index < -0.39 is 0 Å². The van der Waals surface area contributed by atoms with Crippen molar-refractivity contribution >= 4 is 29.9 Å². The number of nitrogens with zero attached hydrogens (tertiary/aromatic N) is 1. The molecule has 0 spiro atoms. The number of nitrogens with one attached hydrogen (secondary N) is 2. The molecule has 0 amide bonds. The molecular formula is C24H34IN3O3. The number of hydrogen-bond acceptors (Lipinski definition) is 4. The minimum Gasteiger partial charge on any atom is -0.494 e. The van der Waals surface area contributed by atoms with Gasteiger partial charge in [-0.1, -0.05) is 42.5 Å². The Kier molecular flexibility index (Phi) is 12.3. The molecule has 6 nitrogen and oxygen atoms in total. The summed E-state index contributed by atoms with van der Waals surface area (Å²) in [5.41, 5.74) is 2.41. The summed E-state index contributed by atoms with van der Waals surface area (Å²) >= 11 is 0. The number of benzene rings is 2. The van der Waals surface area contributed by atoms with Crippen molar-refractivity contribution in [2.24, 2.45) is 4.99 Å². The van der Waals surface area contributed by atoms with Crippen LogP contribution in [0.1, 0.15) is 30.4 Å². The summed E-state index contributed by atoms with van der Waals surface area (Å²) in [5.74, 6) is 1.70. The molecule has 0 saturated carbocycles. The predicted octanol–water partition coefficient (Wildman–Crippen LogP) is 4.13. The van der Waals surface area contributed by atoms with Gasteiger partial charge in [0.25, 0.3) is 0 Å². The van der Waals surface area contributed by atoms with Gasteiger partial charge >= 0.3 is 0 Å². The van der Waals surface area contributed by atoms with Gasteiger partial charge in [-0.05, 0) is 42.5 Å². The van der Waals surface area contributed by atoms with Crippen molar-refractivity contribution in [1.29, 1.82) is 0 Å². The summed E-state index contributed by atoms with van der Waals surface area (Å²) in [5, 5.41) is 6.67. The topological polar surface area (TPSA) is 64.1 Å². The minimum absolute atomic E-state index is 0. The van der Waals surface area contributed by atoms with Crippen LogP contribution >= 0.6 is 24.0 Å². The first-order valence-electron chi connectivity index (χ1n) is 10.7. The van der Waals surface area contributed by atoms with Crippen molar-refractivity contribution in [2.45, 2.75) is 38.5 Å². The molecule has 0 aromatic heterocycles. The van der Waals surface area contributed by atoms with Gasteiger partial charge in [0.2, 0.25) is 0 Å². The van der Waals surface area contributed by atoms with Gasteiger partial charge in [-0.3, -0.25) is 4.99 Å². The van der Waals surface area contributed by atoms with Gasteiger partial charge < -0.3 is 24.8 Å². The Morgan fingerprint density at radius 1 is 1.00 bits per heavy atom. The van der Waals surface area contributed by atoms with Crippen molar-refractivity contribution in [1.82, 2.24) is 10.6 Å². The van der Waals surface area contributed by atoms with E-state index in [1.165, 1.54) is 11.1 Å². The summed E-state index contributed by atoms with van der Waals surface area (Å²) in [6.07, 6.45) is 3.21. The summed E-state index contributed by atoms with van der Waals surface area (Å²) in [7, 11) is 1.78. The second-order valence-corrected chi connectivity index (χ2v) is 7.31. The number of halogens is 1. The van der Waals surface area contributed by atoms with Gasteiger partial charge in [0.15, 0.2) is 5.96 Å². The zero-order chi connectivity index (χ0) is 20.9. The Labute approximate surface area is 202 Å². The third kappa shape index (κ3) is 9.88. The molecule has 1 aliphatic rings. The van der Waals surface area contributed by atoms with Crippen LogP contribution in [0.2, 0.25) is 0 Å². The van der Waals surface area contributed by atoms with E-state index in [1.807, 2.05) is 30.3 Å². The summed E-state index contributed by atoms with van der Waals surface area (Å²) in [4.78, 5) is 4.28. The highest BCUT2D eigenvalue weighted by atomic mass is 127. The molecule has 2 N–H and O–H groups in total. The predicted molar refractivity (Wildman–Crippen MR) is 135 cm³/mol. The van der Waals surface area contributed by atoms with Gasteiger partial charge in [-0.15, -0.1) is 24.0 Å². The average Bonchev–Trinajstić information content (AvgIpc) is 2.81. The molecule has 1 saturated heterocycles. The zero-order valence-corrected chi connectivity index (χ0v) is 20.5. The SMILES string of the molecule is CN=C(NCCCOc1ccccc1)NCc1ccc(COC2CCOCC2)cc1.I. The van der Waals surface area contributed by atoms with E-state index in [2.05, 4.69) is 39.9 Å². The number of rotatable bonds is 10. The minimum atomic E-state index is 0. The Balaban J connectivity index is 0.00000341. The van der Waals surface area contributed by atoms with Gasteiger partial charge in [0.1, 0.15) is 5.75 Å². The fourth-order valence-corrected chi connectivity index (χ4v) is 3.20. The number of para-hydroxylation sites is 1. The van der Waals surface area contributed by atoms with E-state index in [9.17, 15) is 0 Å². The second kappa shape index (κ2) is 15.0. The molecule has 0 bridgehead atoms. The molecule has 1 fully saturated rings. The molecule has 1 aliphatic heterocycles. The van der Waals surface area contributed by atoms with Gasteiger partial charge in [0, 0.05) is 33.4 Å². The van der Waals surface area contributed by atoms with Crippen molar-refractivity contribution in [2.75, 3.05) is 33.4 Å². The van der Waals surface area contributed by atoms with Crippen LogP contribution in [0.4, 0.5) is 0 Å². The van der Waals surface area contributed by atoms with Crippen molar-refractivity contribution in [3.63, 3.8) is 0 Å². The lowest BCUT2D eigenvalue weighted by atomic mass is 10.1. The summed E-state index contributed by atoms with van der Waals surface area (Å²) in [6, 6.07) is 18.4. The van der Waals surface area contributed by atoms with E-state index >= 15 is 0 Å². The maximum absolute atomic E-state index is 5.98. The normalized spacial score (nSPS) is 14.5. The highest BCUT2D eigenvalue weighted by Gasteiger charge is 2.13. The Morgan fingerprint density at radius 3 is 2.42 bits per heavy atom. The summed E-state index contributed by atoms with van der Waals surface area (Å²) in [6.45, 7) is 4.48. The third-order valence-electron chi connectivity index (χ3n) is 4.99. The van der Waals surface area contributed by atoms with Crippen LogP contribution in [0.15, 0.2) is 59.6 Å². The van der Waals surface area contributed by atoms with Gasteiger partial charge in [0.05, 0.1) is 19.3 Å². The van der Waals surface area contributed by atoms with Crippen LogP contribution < -0.4 is 15.4 Å². The van der Waals surface area contributed by atoms with Crippen LogP contribution in [0.5, 0.6) is 5.75 Å². The number of aliphatic imine (C=N–C) groups is 1. The highest BCUT2D eigenvalue weighted by molar-refractivity contribution is 14.0. The third-order valence-corrected chi connectivity index (χ3v) is 4.99. The molecule has 2 aromatic carbocycles. The Bertz CT molecular complexity index is 750. The first kappa shape index (κ1) is 25.4. The van der Waals surface area contributed by atoms with Crippen LogP contribution in [-0.4, -0.2) is 45.5 Å². The van der Waals surface area contributed by atoms with Crippen LogP contribution in [0.25, 0.3) is 0 Å². The van der Waals surface area contributed by atoms with E-state index in [-0.39, 0.29) is 24.0 Å². The lowest BCUT2D eigenvalue weighted by Crippen LogP contribution is -2.37. The molecule has 31 heavy (non-hydrogen) atoms. The maximum atomic E-state index is 5.98. The Morgan fingerprint density at radius 2 is 1.71 bits per heavy atom. The lowest BCUT2D eigenvalue weighted by Gasteiger charge is -2.22. The highest BCUT2D eigenvalue weighted by Crippen LogP contribution is 2.14. The number of guanidine groups is 1. The standard InChI is InChI=1S/C24H33N3O3.HI/c1-25-24(26-14-5-15-29-22-6-3-2-4-7-22)27-18-20-8-10-21(11-9-20)19-30-23-12-16-28-17-13-23;/h2-4,6-11,23H,5,12-19H2,1H3,(H2,25,26,27);1H. The fourth-order valence-electron chi connectivity index (χ4n) is 3.20. The largest absolute Gasteiger partial charge is 0.494 e. The molecule has 0 radical (unpaired) electrons. The molecule has 170 valence electrons. The van der Waals surface area contributed by atoms with Crippen LogP contribution in [0, 0.1) is 0 Å². The monoisotopic (exact) mass is 539 g/mol. The molecule has 1 heterocycles. The molecular weight excluding hydrogens is 505 g/mol. The van der Waals surface area contributed by atoms with E-state index in [4.69, 9.17) is 14.2 Å². The van der Waals surface area contributed by atoms with Crippen LogP contribution in [-0.2, 0) is 22.6 Å². The average molecular weight is 539 g/mol. The van der Waals surface area contributed by atoms with E-state index in [0.29, 0.717) is 19.3 Å². The molecule has 0 aliphatic carbocycles. The second-order valence-electron chi connectivity index (χ2n) is 7.31. The van der Waals surface area contributed by atoms with E-state index in [1.54, 1.807) is 7.05 Å². The molecule has 0 unspecified atom stereocenters. The van der Waals surface area contributed by atoms with Crippen molar-refractivity contribution in [3.05, 3.63) is 65.7 Å². The molecule has 0 atom stereocenters. The fraction of sp³-hybridized carbons (Fsp3) is 0.458. The summed E-state index contributed by atoms with van der Waals surface area (Å²) < 4.78 is 17.1. The first-order valence-corrected chi connectivity index (χ1v) is 10.7. The quantitative estimate of drug-likeness (QED) is 0.206. The number of hydrogen-bond donors (Lipinski definition) is 2. The zero-order valence-electron chi connectivity index (χ0n) is 18.2. The first-order chi connectivity index (χ1) is 14.8. The molecule has 7 heteroatoms.